The summed E-state index contributed by atoms with van der Waals surface area (Å²) in [5.74, 6) is 2.55. The Hall–Kier alpha value is -0.0800. The zero-order valence-corrected chi connectivity index (χ0v) is 9.18. The average molecular weight is 185 g/mol. The predicted octanol–water partition coefficient (Wildman–Crippen LogP) is 1.90. The standard InChI is InChI=1S/C11H23NO/c1-9(5-7-13-3)11-4-6-12-8-10(11)2/h9-12H,4-8H2,1-3H3. The van der Waals surface area contributed by atoms with Crippen molar-refractivity contribution in [3.63, 3.8) is 0 Å². The van der Waals surface area contributed by atoms with Gasteiger partial charge < -0.3 is 10.1 Å². The predicted molar refractivity (Wildman–Crippen MR) is 55.8 cm³/mol. The molecule has 1 saturated heterocycles. The first-order valence-electron chi connectivity index (χ1n) is 5.45. The number of ether oxygens (including phenoxy) is 1. The molecule has 78 valence electrons. The zero-order chi connectivity index (χ0) is 9.68. The summed E-state index contributed by atoms with van der Waals surface area (Å²) in [5.41, 5.74) is 0. The van der Waals surface area contributed by atoms with Gasteiger partial charge in [-0.05, 0) is 43.7 Å². The number of rotatable bonds is 4. The molecule has 0 spiro atoms. The fourth-order valence-corrected chi connectivity index (χ4v) is 2.40. The van der Waals surface area contributed by atoms with Crippen LogP contribution >= 0.6 is 0 Å². The highest BCUT2D eigenvalue weighted by Crippen LogP contribution is 2.28. The van der Waals surface area contributed by atoms with E-state index in [1.807, 2.05) is 0 Å². The molecular formula is C11H23NO. The summed E-state index contributed by atoms with van der Waals surface area (Å²) in [7, 11) is 1.79. The van der Waals surface area contributed by atoms with Crippen molar-refractivity contribution in [2.75, 3.05) is 26.8 Å². The van der Waals surface area contributed by atoms with E-state index in [-0.39, 0.29) is 0 Å². The van der Waals surface area contributed by atoms with Gasteiger partial charge in [-0.2, -0.15) is 0 Å². The molecule has 2 heteroatoms. The van der Waals surface area contributed by atoms with Crippen molar-refractivity contribution in [2.24, 2.45) is 17.8 Å². The molecule has 0 aromatic carbocycles. The van der Waals surface area contributed by atoms with E-state index in [1.54, 1.807) is 7.11 Å². The maximum atomic E-state index is 5.12. The number of hydrogen-bond acceptors (Lipinski definition) is 2. The summed E-state index contributed by atoms with van der Waals surface area (Å²) in [6, 6.07) is 0. The quantitative estimate of drug-likeness (QED) is 0.722. The van der Waals surface area contributed by atoms with Crippen molar-refractivity contribution in [1.82, 2.24) is 5.32 Å². The van der Waals surface area contributed by atoms with Crippen molar-refractivity contribution >= 4 is 0 Å². The molecule has 1 heterocycles. The maximum Gasteiger partial charge on any atom is 0.0464 e. The van der Waals surface area contributed by atoms with Crippen molar-refractivity contribution in [2.45, 2.75) is 26.7 Å². The summed E-state index contributed by atoms with van der Waals surface area (Å²) >= 11 is 0. The summed E-state index contributed by atoms with van der Waals surface area (Å²) < 4.78 is 5.12. The summed E-state index contributed by atoms with van der Waals surface area (Å²) in [5, 5.41) is 3.44. The van der Waals surface area contributed by atoms with Crippen molar-refractivity contribution < 1.29 is 4.74 Å². The Bertz CT molecular complexity index is 138. The van der Waals surface area contributed by atoms with Gasteiger partial charge in [-0.15, -0.1) is 0 Å². The lowest BCUT2D eigenvalue weighted by Gasteiger charge is -2.34. The SMILES string of the molecule is COCCC(C)C1CCNCC1C. The average Bonchev–Trinajstić information content (AvgIpc) is 2.15. The van der Waals surface area contributed by atoms with E-state index < -0.39 is 0 Å². The van der Waals surface area contributed by atoms with Gasteiger partial charge in [-0.1, -0.05) is 13.8 Å². The largest absolute Gasteiger partial charge is 0.385 e. The van der Waals surface area contributed by atoms with Crippen LogP contribution in [0.1, 0.15) is 26.7 Å². The minimum Gasteiger partial charge on any atom is -0.385 e. The van der Waals surface area contributed by atoms with Crippen LogP contribution < -0.4 is 5.32 Å². The summed E-state index contributed by atoms with van der Waals surface area (Å²) in [6.07, 6.45) is 2.55. The zero-order valence-electron chi connectivity index (χ0n) is 9.18. The topological polar surface area (TPSA) is 21.3 Å². The molecule has 3 atom stereocenters. The van der Waals surface area contributed by atoms with Gasteiger partial charge >= 0.3 is 0 Å². The van der Waals surface area contributed by atoms with Gasteiger partial charge in [0.2, 0.25) is 0 Å². The molecule has 1 aliphatic heterocycles. The van der Waals surface area contributed by atoms with Crippen LogP contribution in [0.25, 0.3) is 0 Å². The van der Waals surface area contributed by atoms with Crippen molar-refractivity contribution in [3.05, 3.63) is 0 Å². The molecule has 0 saturated carbocycles. The van der Waals surface area contributed by atoms with Crippen molar-refractivity contribution in [3.8, 4) is 0 Å². The van der Waals surface area contributed by atoms with Gasteiger partial charge in [-0.3, -0.25) is 0 Å². The monoisotopic (exact) mass is 185 g/mol. The molecule has 0 radical (unpaired) electrons. The minimum absolute atomic E-state index is 0.817. The normalized spacial score (nSPS) is 31.6. The number of methoxy groups -OCH3 is 1. The summed E-state index contributed by atoms with van der Waals surface area (Å²) in [6.45, 7) is 8.04. The van der Waals surface area contributed by atoms with E-state index in [1.165, 1.54) is 25.9 Å². The van der Waals surface area contributed by atoms with Gasteiger partial charge in [0, 0.05) is 13.7 Å². The first-order chi connectivity index (χ1) is 6.25. The summed E-state index contributed by atoms with van der Waals surface area (Å²) in [4.78, 5) is 0. The van der Waals surface area contributed by atoms with Crippen LogP contribution in [0.15, 0.2) is 0 Å². The molecule has 1 aliphatic rings. The Morgan fingerprint density at radius 2 is 2.31 bits per heavy atom. The Morgan fingerprint density at radius 3 is 2.92 bits per heavy atom. The molecule has 1 fully saturated rings. The van der Waals surface area contributed by atoms with Crippen LogP contribution in [0.3, 0.4) is 0 Å². The number of nitrogens with one attached hydrogen (secondary N) is 1. The van der Waals surface area contributed by atoms with E-state index in [4.69, 9.17) is 4.74 Å². The van der Waals surface area contributed by atoms with Crippen LogP contribution in [0.4, 0.5) is 0 Å². The van der Waals surface area contributed by atoms with E-state index in [0.717, 1.165) is 24.4 Å². The van der Waals surface area contributed by atoms with Gasteiger partial charge in [0.05, 0.1) is 0 Å². The highest BCUT2D eigenvalue weighted by atomic mass is 16.5. The second-order valence-electron chi connectivity index (χ2n) is 4.39. The molecule has 1 rings (SSSR count). The third-order valence-corrected chi connectivity index (χ3v) is 3.36. The lowest BCUT2D eigenvalue weighted by atomic mass is 9.78. The second-order valence-corrected chi connectivity index (χ2v) is 4.39. The Morgan fingerprint density at radius 1 is 1.54 bits per heavy atom. The van der Waals surface area contributed by atoms with Gasteiger partial charge in [0.15, 0.2) is 0 Å². The Kier molecular flexibility index (Phi) is 4.74. The number of piperidine rings is 1. The maximum absolute atomic E-state index is 5.12. The molecule has 0 aliphatic carbocycles. The Labute approximate surface area is 82.0 Å². The fourth-order valence-electron chi connectivity index (χ4n) is 2.40. The second kappa shape index (κ2) is 5.61. The molecular weight excluding hydrogens is 162 g/mol. The minimum atomic E-state index is 0.817. The van der Waals surface area contributed by atoms with E-state index >= 15 is 0 Å². The van der Waals surface area contributed by atoms with Gasteiger partial charge in [-0.25, -0.2) is 0 Å². The van der Waals surface area contributed by atoms with Crippen LogP contribution in [0.5, 0.6) is 0 Å². The van der Waals surface area contributed by atoms with Crippen LogP contribution in [0, 0.1) is 17.8 Å². The molecule has 0 bridgehead atoms. The van der Waals surface area contributed by atoms with E-state index in [0.29, 0.717) is 0 Å². The first kappa shape index (κ1) is 11.0. The molecule has 2 nitrogen and oxygen atoms in total. The highest BCUT2D eigenvalue weighted by Gasteiger charge is 2.25. The van der Waals surface area contributed by atoms with Crippen molar-refractivity contribution in [1.29, 1.82) is 0 Å². The molecule has 3 unspecified atom stereocenters. The molecule has 0 aromatic rings. The third-order valence-electron chi connectivity index (χ3n) is 3.36. The van der Waals surface area contributed by atoms with E-state index in [9.17, 15) is 0 Å². The van der Waals surface area contributed by atoms with Gasteiger partial charge in [0.1, 0.15) is 0 Å². The first-order valence-corrected chi connectivity index (χ1v) is 5.45. The molecule has 1 N–H and O–H groups in total. The highest BCUT2D eigenvalue weighted by molar-refractivity contribution is 4.78. The third kappa shape index (κ3) is 3.28. The molecule has 0 aromatic heterocycles. The fraction of sp³-hybridized carbons (Fsp3) is 1.00. The molecule has 0 amide bonds. The lowest BCUT2D eigenvalue weighted by Crippen LogP contribution is -2.38. The van der Waals surface area contributed by atoms with Gasteiger partial charge in [0.25, 0.3) is 0 Å². The number of hydrogen-bond donors (Lipinski definition) is 1. The van der Waals surface area contributed by atoms with E-state index in [2.05, 4.69) is 19.2 Å². The lowest BCUT2D eigenvalue weighted by molar-refractivity contribution is 0.134. The smallest absolute Gasteiger partial charge is 0.0464 e. The molecule has 13 heavy (non-hydrogen) atoms. The van der Waals surface area contributed by atoms with Crippen LogP contribution in [-0.4, -0.2) is 26.8 Å². The van der Waals surface area contributed by atoms with Crippen LogP contribution in [-0.2, 0) is 4.74 Å². The Balaban J connectivity index is 2.30. The van der Waals surface area contributed by atoms with Crippen LogP contribution in [0.2, 0.25) is 0 Å².